The fourth-order valence-electron chi connectivity index (χ4n) is 8.77. The number of rotatable bonds is 10. The standard InChI is InChI=1S/C46H61N5O12/c1-12-34-46(9)38(50-44(57)63-46)27(4)35(53)25(2)24-45(8,62-43(56)49-20-13-15-31-16-18-32(19-17-31)40-47-21-14-22-48-40)39(28(5)37(59-30(7)52)29(6)41(55)60-34)61-42-36(54)33(51(10)11)23-26(3)58-42/h13-19,21-22,25-26,28,33-34,36-39,42,54H,4,6,12,20,23-24H2,1-3,5,7-11H3,(H,49,56)(H,50,57)/b15-13+/t25-,26-,28+,33+,34-,36-,37+,38?,39-,42+,45-,46-/m1/s1. The highest BCUT2D eigenvalue weighted by Crippen LogP contribution is 2.41. The van der Waals surface area contributed by atoms with Gasteiger partial charge in [-0.15, -0.1) is 0 Å². The Bertz CT molecular complexity index is 2050. The molecule has 0 saturated carbocycles. The average Bonchev–Trinajstić information content (AvgIpc) is 3.56. The first-order valence-electron chi connectivity index (χ1n) is 21.1. The first kappa shape index (κ1) is 48.5. The summed E-state index contributed by atoms with van der Waals surface area (Å²) in [6, 6.07) is 7.71. The second-order valence-corrected chi connectivity index (χ2v) is 17.2. The van der Waals surface area contributed by atoms with Gasteiger partial charge in [-0.25, -0.2) is 24.4 Å². The molecule has 3 aliphatic heterocycles. The maximum atomic E-state index is 14.5. The second-order valence-electron chi connectivity index (χ2n) is 17.2. The Morgan fingerprint density at radius 1 is 1.06 bits per heavy atom. The molecule has 342 valence electrons. The van der Waals surface area contributed by atoms with E-state index < -0.39 is 102 Å². The van der Waals surface area contributed by atoms with Gasteiger partial charge in [0.25, 0.3) is 0 Å². The van der Waals surface area contributed by atoms with Crippen LogP contribution in [-0.2, 0) is 42.8 Å². The molecule has 0 spiro atoms. The van der Waals surface area contributed by atoms with Crippen LogP contribution in [0.2, 0.25) is 0 Å². The van der Waals surface area contributed by atoms with Crippen LogP contribution in [0.3, 0.4) is 0 Å². The minimum atomic E-state index is -1.81. The Morgan fingerprint density at radius 2 is 1.73 bits per heavy atom. The van der Waals surface area contributed by atoms with Crippen LogP contribution in [0.1, 0.15) is 73.3 Å². The number of hydrogen-bond acceptors (Lipinski definition) is 15. The lowest BCUT2D eigenvalue weighted by Crippen LogP contribution is -2.60. The number of fused-ring (bicyclic) bond motifs is 1. The van der Waals surface area contributed by atoms with Crippen LogP contribution in [-0.4, -0.2) is 131 Å². The van der Waals surface area contributed by atoms with Crippen molar-refractivity contribution < 1.29 is 57.5 Å². The minimum absolute atomic E-state index is 0.0224. The third-order valence-corrected chi connectivity index (χ3v) is 12.0. The van der Waals surface area contributed by atoms with Crippen LogP contribution in [0.4, 0.5) is 9.59 Å². The maximum absolute atomic E-state index is 14.5. The van der Waals surface area contributed by atoms with E-state index in [0.29, 0.717) is 12.2 Å². The molecule has 1 aromatic carbocycles. The molecule has 5 rings (SSSR count). The summed E-state index contributed by atoms with van der Waals surface area (Å²) in [5.41, 5.74) is -2.07. The fourth-order valence-corrected chi connectivity index (χ4v) is 8.77. The number of aliphatic hydroxyl groups is 1. The Balaban J connectivity index is 1.54. The van der Waals surface area contributed by atoms with E-state index in [9.17, 15) is 29.1 Å². The van der Waals surface area contributed by atoms with Gasteiger partial charge in [0, 0.05) is 54.9 Å². The van der Waals surface area contributed by atoms with E-state index >= 15 is 0 Å². The van der Waals surface area contributed by atoms with Crippen molar-refractivity contribution in [1.29, 1.82) is 0 Å². The highest BCUT2D eigenvalue weighted by molar-refractivity contribution is 5.99. The van der Waals surface area contributed by atoms with Gasteiger partial charge in [-0.3, -0.25) is 9.59 Å². The van der Waals surface area contributed by atoms with Crippen LogP contribution in [0.15, 0.2) is 73.1 Å². The number of nitrogens with zero attached hydrogens (tertiary/aromatic N) is 3. The molecule has 17 heteroatoms. The van der Waals surface area contributed by atoms with E-state index in [1.165, 1.54) is 6.92 Å². The Hall–Kier alpha value is -5.49. The molecule has 3 N–H and O–H groups in total. The molecule has 63 heavy (non-hydrogen) atoms. The van der Waals surface area contributed by atoms with Crippen LogP contribution in [0.25, 0.3) is 17.5 Å². The molecule has 4 heterocycles. The molecule has 3 aliphatic rings. The number of likely N-dealkylation sites (N-methyl/N-ethyl adjacent to an activating group) is 1. The van der Waals surface area contributed by atoms with E-state index in [0.717, 1.165) is 18.1 Å². The number of hydrogen-bond donors (Lipinski definition) is 3. The van der Waals surface area contributed by atoms with E-state index in [4.69, 9.17) is 28.4 Å². The summed E-state index contributed by atoms with van der Waals surface area (Å²) in [7, 11) is 3.62. The van der Waals surface area contributed by atoms with Crippen LogP contribution in [0.5, 0.6) is 0 Å². The van der Waals surface area contributed by atoms with Crippen molar-refractivity contribution in [3.05, 3.63) is 78.7 Å². The zero-order valence-corrected chi connectivity index (χ0v) is 37.5. The molecular formula is C46H61N5O12. The minimum Gasteiger partial charge on any atom is -0.457 e. The summed E-state index contributed by atoms with van der Waals surface area (Å²) in [5.74, 6) is -3.76. The van der Waals surface area contributed by atoms with Crippen molar-refractivity contribution in [3.63, 3.8) is 0 Å². The van der Waals surface area contributed by atoms with Gasteiger partial charge in [0.15, 0.2) is 23.5 Å². The molecule has 12 atom stereocenters. The average molecular weight is 876 g/mol. The number of ether oxygens (including phenoxy) is 6. The van der Waals surface area contributed by atoms with Crippen molar-refractivity contribution >= 4 is 36.0 Å². The zero-order chi connectivity index (χ0) is 46.4. The molecule has 3 saturated heterocycles. The number of cyclic esters (lactones) is 1. The molecule has 0 radical (unpaired) electrons. The number of benzene rings is 1. The van der Waals surface area contributed by atoms with Gasteiger partial charge in [0.05, 0.1) is 11.7 Å². The molecule has 1 unspecified atom stereocenters. The summed E-state index contributed by atoms with van der Waals surface area (Å²) in [6.45, 7) is 19.1. The van der Waals surface area contributed by atoms with Crippen molar-refractivity contribution in [2.45, 2.75) is 128 Å². The number of alkyl carbamates (subject to hydrolysis) is 2. The predicted octanol–water partition coefficient (Wildman–Crippen LogP) is 4.93. The summed E-state index contributed by atoms with van der Waals surface area (Å²) >= 11 is 0. The number of Topliss-reactive ketones (excluding diaryl/α,β-unsaturated/α-hetero) is 1. The topological polar surface area (TPSA) is 214 Å². The van der Waals surface area contributed by atoms with Gasteiger partial charge in [-0.2, -0.15) is 0 Å². The molecule has 0 aliphatic carbocycles. The van der Waals surface area contributed by atoms with Crippen LogP contribution >= 0.6 is 0 Å². The summed E-state index contributed by atoms with van der Waals surface area (Å²) in [5, 5.41) is 17.1. The van der Waals surface area contributed by atoms with Crippen LogP contribution in [0, 0.1) is 11.8 Å². The summed E-state index contributed by atoms with van der Waals surface area (Å²) in [4.78, 5) is 78.5. The predicted molar refractivity (Wildman–Crippen MR) is 230 cm³/mol. The largest absolute Gasteiger partial charge is 0.457 e. The highest BCUT2D eigenvalue weighted by atomic mass is 16.7. The first-order valence-corrected chi connectivity index (χ1v) is 21.1. The third kappa shape index (κ3) is 11.2. The van der Waals surface area contributed by atoms with Gasteiger partial charge in [-0.1, -0.05) is 70.3 Å². The molecular weight excluding hydrogens is 815 g/mol. The highest BCUT2D eigenvalue weighted by Gasteiger charge is 2.57. The van der Waals surface area contributed by atoms with Crippen LogP contribution < -0.4 is 10.6 Å². The van der Waals surface area contributed by atoms with Gasteiger partial charge in [-0.05, 0) is 65.8 Å². The van der Waals surface area contributed by atoms with Gasteiger partial charge >= 0.3 is 24.1 Å². The number of nitrogens with one attached hydrogen (secondary N) is 2. The molecule has 17 nitrogen and oxygen atoms in total. The smallest absolute Gasteiger partial charge is 0.408 e. The second kappa shape index (κ2) is 20.3. The van der Waals surface area contributed by atoms with Crippen molar-refractivity contribution in [2.24, 2.45) is 11.8 Å². The molecule has 1 aromatic heterocycles. The number of ketones is 1. The van der Waals surface area contributed by atoms with Gasteiger partial charge < -0.3 is 49.1 Å². The quantitative estimate of drug-likeness (QED) is 0.164. The fraction of sp³-hybridized carbons (Fsp3) is 0.543. The summed E-state index contributed by atoms with van der Waals surface area (Å²) < 4.78 is 36.7. The number of carbonyl (C=O) groups is 5. The lowest BCUT2D eigenvalue weighted by Gasteiger charge is -2.47. The molecule has 2 amide bonds. The number of carbonyl (C=O) groups excluding carboxylic acids is 5. The monoisotopic (exact) mass is 875 g/mol. The van der Waals surface area contributed by atoms with E-state index in [1.807, 2.05) is 50.2 Å². The third-order valence-electron chi connectivity index (χ3n) is 12.0. The van der Waals surface area contributed by atoms with E-state index in [2.05, 4.69) is 33.8 Å². The molecule has 0 bridgehead atoms. The normalized spacial score (nSPS) is 33.2. The lowest BCUT2D eigenvalue weighted by atomic mass is 9.75. The Morgan fingerprint density at radius 3 is 2.35 bits per heavy atom. The molecule has 3 fully saturated rings. The van der Waals surface area contributed by atoms with E-state index in [1.54, 1.807) is 58.3 Å². The van der Waals surface area contributed by atoms with E-state index in [-0.39, 0.29) is 30.5 Å². The Labute approximate surface area is 368 Å². The zero-order valence-electron chi connectivity index (χ0n) is 37.5. The van der Waals surface area contributed by atoms with Gasteiger partial charge in [0.1, 0.15) is 36.1 Å². The number of aromatic nitrogens is 2. The maximum Gasteiger partial charge on any atom is 0.408 e. The lowest BCUT2D eigenvalue weighted by molar-refractivity contribution is -0.297. The van der Waals surface area contributed by atoms with Gasteiger partial charge in [0.2, 0.25) is 0 Å². The SMILES string of the molecule is C=C1C(=O)[C@H](C)C[C@@](C)(OC(=O)NC/C=C/c2ccc(-c3ncccn3)cc2)[C@H](O[C@@H]2O[C@H](C)C[C@H](N(C)C)[C@H]2O)[C@@H](C)[C@H](OC(C)=O)C(=C)C(=O)O[C@H](CC)[C@@]2(C)OC(=O)NC12. The van der Waals surface area contributed by atoms with Crippen molar-refractivity contribution in [2.75, 3.05) is 20.6 Å². The Kier molecular flexibility index (Phi) is 15.7. The number of aliphatic hydroxyl groups excluding tert-OH is 1. The van der Waals surface area contributed by atoms with Crippen molar-refractivity contribution in [3.8, 4) is 11.4 Å². The number of amides is 2. The number of esters is 2. The summed E-state index contributed by atoms with van der Waals surface area (Å²) in [6.07, 6.45) is -1.41. The van der Waals surface area contributed by atoms with Crippen molar-refractivity contribution in [1.82, 2.24) is 25.5 Å². The first-order chi connectivity index (χ1) is 29.7. The molecule has 2 aromatic rings.